The number of aryl methyl sites for hydroxylation is 3. The molecule has 25 heavy (non-hydrogen) atoms. The van der Waals surface area contributed by atoms with Gasteiger partial charge in [0.15, 0.2) is 6.54 Å². The van der Waals surface area contributed by atoms with Crippen molar-refractivity contribution < 1.29 is 14.3 Å². The number of thioether (sulfide) groups is 1. The average Bonchev–Trinajstić information content (AvgIpc) is 2.95. The lowest BCUT2D eigenvalue weighted by molar-refractivity contribution is -0.759. The third-order valence-corrected chi connectivity index (χ3v) is 5.00. The van der Waals surface area contributed by atoms with Crippen LogP contribution in [0.25, 0.3) is 0 Å². The Morgan fingerprint density at radius 3 is 3.04 bits per heavy atom. The van der Waals surface area contributed by atoms with Gasteiger partial charge in [-0.25, -0.2) is 9.98 Å². The number of nitrogens with zero attached hydrogens (tertiary/aromatic N) is 5. The highest BCUT2D eigenvalue weighted by molar-refractivity contribution is 7.99. The molecule has 2 aromatic rings. The van der Waals surface area contributed by atoms with Gasteiger partial charge in [0.25, 0.3) is 6.20 Å². The summed E-state index contributed by atoms with van der Waals surface area (Å²) in [5, 5.41) is 25.7. The van der Waals surface area contributed by atoms with Crippen LogP contribution in [0.1, 0.15) is 43.0 Å². The summed E-state index contributed by atoms with van der Waals surface area (Å²) in [5.74, 6) is -0.0549. The minimum Gasteiger partial charge on any atom is -0.861 e. The normalized spacial score (nSPS) is 14.6. The molecule has 7 nitrogen and oxygen atoms in total. The molecule has 0 saturated heterocycles. The van der Waals surface area contributed by atoms with Crippen LogP contribution in [0.4, 0.5) is 5.88 Å². The Bertz CT molecular complexity index is 825. The summed E-state index contributed by atoms with van der Waals surface area (Å²) in [4.78, 5) is 8.53. The molecule has 2 heterocycles. The van der Waals surface area contributed by atoms with E-state index in [2.05, 4.69) is 21.3 Å². The fourth-order valence-corrected chi connectivity index (χ4v) is 3.49. The lowest BCUT2D eigenvalue weighted by atomic mass is 10.1. The second-order valence-corrected chi connectivity index (χ2v) is 6.77. The first-order valence-electron chi connectivity index (χ1n) is 8.36. The van der Waals surface area contributed by atoms with Gasteiger partial charge in [-0.3, -0.25) is 4.52 Å². The number of rotatable bonds is 5. The smallest absolute Gasteiger partial charge is 0.320 e. The van der Waals surface area contributed by atoms with Crippen molar-refractivity contribution in [1.82, 2.24) is 10.3 Å². The molecule has 0 saturated carbocycles. The second-order valence-electron chi connectivity index (χ2n) is 5.81. The zero-order valence-corrected chi connectivity index (χ0v) is 14.9. The molecule has 0 spiro atoms. The SMILES string of the molecule is CC[n+]1cc(/N=C(/[O-])CSc2nc3c(cc2C#N)CCCCC3)on1. The van der Waals surface area contributed by atoms with Gasteiger partial charge in [0.05, 0.1) is 5.56 Å². The van der Waals surface area contributed by atoms with Crippen LogP contribution < -0.4 is 9.79 Å². The maximum absolute atomic E-state index is 12.0. The summed E-state index contributed by atoms with van der Waals surface area (Å²) in [6, 6.07) is 4.12. The highest BCUT2D eigenvalue weighted by Crippen LogP contribution is 2.27. The van der Waals surface area contributed by atoms with Gasteiger partial charge in [0.1, 0.15) is 11.1 Å². The predicted octanol–water partition coefficient (Wildman–Crippen LogP) is 1.70. The maximum Gasteiger partial charge on any atom is 0.320 e. The molecule has 0 fully saturated rings. The molecular weight excluding hydrogens is 338 g/mol. The fourth-order valence-electron chi connectivity index (χ4n) is 2.73. The fraction of sp³-hybridized carbons (Fsp3) is 0.471. The molecule has 0 amide bonds. The van der Waals surface area contributed by atoms with Gasteiger partial charge in [0, 0.05) is 11.4 Å². The molecule has 0 bridgehead atoms. The zero-order valence-electron chi connectivity index (χ0n) is 14.1. The van der Waals surface area contributed by atoms with Gasteiger partial charge < -0.3 is 5.11 Å². The third kappa shape index (κ3) is 4.37. The van der Waals surface area contributed by atoms with Crippen molar-refractivity contribution in [1.29, 1.82) is 5.26 Å². The van der Waals surface area contributed by atoms with Gasteiger partial charge in [-0.15, -0.1) is 0 Å². The summed E-state index contributed by atoms with van der Waals surface area (Å²) >= 11 is 1.25. The molecule has 3 rings (SSSR count). The van der Waals surface area contributed by atoms with E-state index in [9.17, 15) is 10.4 Å². The highest BCUT2D eigenvalue weighted by Gasteiger charge is 2.15. The Morgan fingerprint density at radius 2 is 2.28 bits per heavy atom. The van der Waals surface area contributed by atoms with Crippen molar-refractivity contribution >= 4 is 23.5 Å². The third-order valence-electron chi connectivity index (χ3n) is 4.03. The Labute approximate surface area is 150 Å². The van der Waals surface area contributed by atoms with Crippen LogP contribution in [-0.2, 0) is 19.4 Å². The second kappa shape index (κ2) is 8.12. The van der Waals surface area contributed by atoms with Gasteiger partial charge in [-0.2, -0.15) is 5.26 Å². The number of fused-ring (bicyclic) bond motifs is 1. The van der Waals surface area contributed by atoms with Crippen LogP contribution in [0.2, 0.25) is 0 Å². The zero-order chi connectivity index (χ0) is 17.6. The Hall–Kier alpha value is -2.40. The largest absolute Gasteiger partial charge is 0.861 e. The molecular formula is C17H19N5O2S. The van der Waals surface area contributed by atoms with E-state index in [4.69, 9.17) is 4.52 Å². The summed E-state index contributed by atoms with van der Waals surface area (Å²) in [7, 11) is 0. The van der Waals surface area contributed by atoms with Crippen LogP contribution >= 0.6 is 11.8 Å². The van der Waals surface area contributed by atoms with Gasteiger partial charge >= 0.3 is 5.88 Å². The van der Waals surface area contributed by atoms with E-state index < -0.39 is 0 Å². The van der Waals surface area contributed by atoms with Crippen molar-refractivity contribution in [2.24, 2.45) is 4.99 Å². The Morgan fingerprint density at radius 1 is 1.44 bits per heavy atom. The number of nitriles is 1. The molecule has 2 aromatic heterocycles. The first-order valence-corrected chi connectivity index (χ1v) is 9.35. The molecule has 0 aromatic carbocycles. The van der Waals surface area contributed by atoms with Crippen molar-refractivity contribution in [2.45, 2.75) is 50.6 Å². The van der Waals surface area contributed by atoms with Crippen molar-refractivity contribution in [3.05, 3.63) is 29.1 Å². The summed E-state index contributed by atoms with van der Waals surface area (Å²) < 4.78 is 6.52. The summed E-state index contributed by atoms with van der Waals surface area (Å²) in [6.07, 6.45) is 6.92. The number of aliphatic imine (C=N–C) groups is 1. The van der Waals surface area contributed by atoms with Gasteiger partial charge in [-0.1, -0.05) is 22.9 Å². The molecule has 0 radical (unpaired) electrons. The van der Waals surface area contributed by atoms with Crippen LogP contribution in [-0.4, -0.2) is 21.9 Å². The lowest BCUT2D eigenvalue weighted by Crippen LogP contribution is -2.32. The lowest BCUT2D eigenvalue weighted by Gasteiger charge is -2.12. The van der Waals surface area contributed by atoms with Crippen molar-refractivity contribution in [2.75, 3.05) is 5.75 Å². The first-order chi connectivity index (χ1) is 12.2. The molecule has 0 N–H and O–H groups in total. The maximum atomic E-state index is 12.0. The van der Waals surface area contributed by atoms with Crippen LogP contribution in [0.3, 0.4) is 0 Å². The van der Waals surface area contributed by atoms with E-state index in [0.29, 0.717) is 17.1 Å². The molecule has 1 aliphatic carbocycles. The minimum atomic E-state index is -0.343. The molecule has 0 aliphatic heterocycles. The molecule has 1 aliphatic rings. The van der Waals surface area contributed by atoms with Gasteiger partial charge in [0.2, 0.25) is 5.27 Å². The van der Waals surface area contributed by atoms with Crippen LogP contribution in [0.5, 0.6) is 0 Å². The minimum absolute atomic E-state index is 0.104. The Kier molecular flexibility index (Phi) is 5.66. The van der Waals surface area contributed by atoms with Crippen LogP contribution in [0.15, 0.2) is 26.8 Å². The highest BCUT2D eigenvalue weighted by atomic mass is 32.2. The first kappa shape index (κ1) is 17.4. The Balaban J connectivity index is 1.73. The van der Waals surface area contributed by atoms with E-state index >= 15 is 0 Å². The number of aromatic nitrogens is 3. The quantitative estimate of drug-likeness (QED) is 0.265. The van der Waals surface area contributed by atoms with E-state index in [0.717, 1.165) is 31.4 Å². The predicted molar refractivity (Wildman–Crippen MR) is 90.4 cm³/mol. The van der Waals surface area contributed by atoms with Crippen LogP contribution in [0, 0.1) is 11.3 Å². The van der Waals surface area contributed by atoms with Crippen molar-refractivity contribution in [3.63, 3.8) is 0 Å². The molecule has 0 atom stereocenters. The number of hydrogen-bond donors (Lipinski definition) is 0. The molecule has 130 valence electrons. The standard InChI is InChI=1S/C17H19N5O2S/c1-2-22-10-16(24-21-22)20-15(23)11-25-17-13(9-18)8-12-6-4-3-5-7-14(12)19-17/h8,10H,2-7,11H2,1H3. The molecule has 0 unspecified atom stereocenters. The topological polar surface area (TPSA) is 102 Å². The average molecular weight is 357 g/mol. The van der Waals surface area contributed by atoms with E-state index in [1.54, 1.807) is 10.9 Å². The summed E-state index contributed by atoms with van der Waals surface area (Å²) in [5.41, 5.74) is 2.75. The monoisotopic (exact) mass is 357 g/mol. The van der Waals surface area contributed by atoms with E-state index in [1.807, 2.05) is 13.0 Å². The van der Waals surface area contributed by atoms with Crippen molar-refractivity contribution in [3.8, 4) is 6.07 Å². The van der Waals surface area contributed by atoms with Gasteiger partial charge in [-0.05, 0) is 50.1 Å². The number of pyridine rings is 1. The molecule has 8 heteroatoms. The van der Waals surface area contributed by atoms with E-state index in [-0.39, 0.29) is 17.5 Å². The number of hydrogen-bond acceptors (Lipinski definition) is 7. The van der Waals surface area contributed by atoms with E-state index in [1.165, 1.54) is 23.7 Å². The summed E-state index contributed by atoms with van der Waals surface area (Å²) in [6.45, 7) is 2.56.